The smallest absolute Gasteiger partial charge is 0.194 e. The molecule has 86 valence electrons. The summed E-state index contributed by atoms with van der Waals surface area (Å²) in [5.41, 5.74) is 2.68. The van der Waals surface area contributed by atoms with Gasteiger partial charge in [-0.1, -0.05) is 19.3 Å². The Hall–Kier alpha value is -0.830. The van der Waals surface area contributed by atoms with Crippen LogP contribution in [0.15, 0.2) is 6.20 Å². The predicted molar refractivity (Wildman–Crippen MR) is 68.4 cm³/mol. The molecule has 2 heterocycles. The van der Waals surface area contributed by atoms with Crippen LogP contribution in [0.5, 0.6) is 0 Å². The second kappa shape index (κ2) is 3.88. The molecule has 0 N–H and O–H groups in total. The van der Waals surface area contributed by atoms with E-state index in [-0.39, 0.29) is 0 Å². The highest BCUT2D eigenvalue weighted by molar-refractivity contribution is 7.17. The Labute approximate surface area is 100 Å². The first-order valence-electron chi connectivity index (χ1n) is 6.20. The summed E-state index contributed by atoms with van der Waals surface area (Å²) in [5, 5.41) is 0. The lowest BCUT2D eigenvalue weighted by Crippen LogP contribution is -2.04. The van der Waals surface area contributed by atoms with Crippen molar-refractivity contribution in [2.45, 2.75) is 51.9 Å². The van der Waals surface area contributed by atoms with E-state index in [0.29, 0.717) is 0 Å². The minimum Gasteiger partial charge on any atom is -0.294 e. The fourth-order valence-electron chi connectivity index (χ4n) is 2.67. The van der Waals surface area contributed by atoms with Gasteiger partial charge in [-0.2, -0.15) is 0 Å². The van der Waals surface area contributed by atoms with Crippen LogP contribution in [0, 0.1) is 13.8 Å². The van der Waals surface area contributed by atoms with Crippen LogP contribution in [0.4, 0.5) is 0 Å². The Balaban J connectivity index is 1.98. The van der Waals surface area contributed by atoms with Gasteiger partial charge in [0.1, 0.15) is 0 Å². The molecular formula is C13H18N2S. The van der Waals surface area contributed by atoms with E-state index in [1.54, 1.807) is 0 Å². The van der Waals surface area contributed by atoms with Gasteiger partial charge in [0.2, 0.25) is 0 Å². The Morgan fingerprint density at radius 3 is 2.69 bits per heavy atom. The van der Waals surface area contributed by atoms with Crippen molar-refractivity contribution in [1.29, 1.82) is 0 Å². The molecule has 3 heteroatoms. The summed E-state index contributed by atoms with van der Waals surface area (Å²) < 4.78 is 2.27. The SMILES string of the molecule is Cc1sc2nc(C3CCCCC3)cn2c1C. The van der Waals surface area contributed by atoms with E-state index in [2.05, 4.69) is 24.4 Å². The lowest BCUT2D eigenvalue weighted by Gasteiger charge is -2.19. The summed E-state index contributed by atoms with van der Waals surface area (Å²) in [7, 11) is 0. The highest BCUT2D eigenvalue weighted by Crippen LogP contribution is 2.33. The van der Waals surface area contributed by atoms with Crippen molar-refractivity contribution in [3.05, 3.63) is 22.5 Å². The number of hydrogen-bond donors (Lipinski definition) is 0. The minimum absolute atomic E-state index is 0.723. The maximum absolute atomic E-state index is 4.80. The van der Waals surface area contributed by atoms with Gasteiger partial charge in [0.15, 0.2) is 4.96 Å². The molecule has 1 fully saturated rings. The Morgan fingerprint density at radius 2 is 2.00 bits per heavy atom. The lowest BCUT2D eigenvalue weighted by atomic mass is 9.87. The number of nitrogens with zero attached hydrogens (tertiary/aromatic N) is 2. The zero-order chi connectivity index (χ0) is 11.1. The van der Waals surface area contributed by atoms with E-state index >= 15 is 0 Å². The van der Waals surface area contributed by atoms with Gasteiger partial charge < -0.3 is 0 Å². The summed E-state index contributed by atoms with van der Waals surface area (Å²) in [6.07, 6.45) is 9.12. The van der Waals surface area contributed by atoms with Gasteiger partial charge in [-0.05, 0) is 26.7 Å². The second-order valence-corrected chi connectivity index (χ2v) is 6.08. The van der Waals surface area contributed by atoms with Gasteiger partial charge in [-0.3, -0.25) is 4.40 Å². The first-order valence-corrected chi connectivity index (χ1v) is 7.02. The van der Waals surface area contributed by atoms with Crippen LogP contribution in [0.1, 0.15) is 54.3 Å². The molecule has 0 spiro atoms. The summed E-state index contributed by atoms with van der Waals surface area (Å²) in [4.78, 5) is 7.36. The first kappa shape index (κ1) is 10.3. The molecule has 2 aromatic rings. The molecule has 0 aliphatic heterocycles. The standard InChI is InChI=1S/C13H18N2S/c1-9-10(2)16-13-14-12(8-15(9)13)11-6-4-3-5-7-11/h8,11H,3-7H2,1-2H3. The third-order valence-corrected chi connectivity index (χ3v) is 4.90. The van der Waals surface area contributed by atoms with E-state index in [9.17, 15) is 0 Å². The van der Waals surface area contributed by atoms with Crippen LogP contribution in [0.2, 0.25) is 0 Å². The van der Waals surface area contributed by atoms with E-state index in [0.717, 1.165) is 5.92 Å². The molecule has 2 aromatic heterocycles. The van der Waals surface area contributed by atoms with Crippen molar-refractivity contribution in [3.63, 3.8) is 0 Å². The molecule has 0 radical (unpaired) electrons. The highest BCUT2D eigenvalue weighted by Gasteiger charge is 2.19. The molecule has 3 rings (SSSR count). The van der Waals surface area contributed by atoms with Crippen LogP contribution >= 0.6 is 11.3 Å². The number of fused-ring (bicyclic) bond motifs is 1. The number of aromatic nitrogens is 2. The average Bonchev–Trinajstić information content (AvgIpc) is 2.82. The monoisotopic (exact) mass is 234 g/mol. The molecule has 2 nitrogen and oxygen atoms in total. The third-order valence-electron chi connectivity index (χ3n) is 3.83. The number of hydrogen-bond acceptors (Lipinski definition) is 2. The van der Waals surface area contributed by atoms with Crippen LogP contribution in [0.25, 0.3) is 4.96 Å². The molecule has 1 aliphatic carbocycles. The largest absolute Gasteiger partial charge is 0.294 e. The quantitative estimate of drug-likeness (QED) is 0.727. The number of imidazole rings is 1. The maximum Gasteiger partial charge on any atom is 0.194 e. The van der Waals surface area contributed by atoms with Gasteiger partial charge >= 0.3 is 0 Å². The van der Waals surface area contributed by atoms with Gasteiger partial charge in [0.05, 0.1) is 5.69 Å². The molecule has 1 saturated carbocycles. The third kappa shape index (κ3) is 1.58. The Morgan fingerprint density at radius 1 is 1.25 bits per heavy atom. The van der Waals surface area contributed by atoms with Crippen molar-refractivity contribution >= 4 is 16.3 Å². The zero-order valence-electron chi connectivity index (χ0n) is 9.99. The molecule has 0 bridgehead atoms. The summed E-state index contributed by atoms with van der Waals surface area (Å²) >= 11 is 1.82. The fraction of sp³-hybridized carbons (Fsp3) is 0.615. The molecule has 0 saturated heterocycles. The minimum atomic E-state index is 0.723. The summed E-state index contributed by atoms with van der Waals surface area (Å²) in [6.45, 7) is 4.36. The normalized spacial score (nSPS) is 18.4. The summed E-state index contributed by atoms with van der Waals surface area (Å²) in [5.74, 6) is 0.723. The zero-order valence-corrected chi connectivity index (χ0v) is 10.8. The Bertz CT molecular complexity index is 503. The van der Waals surface area contributed by atoms with E-state index in [1.165, 1.54) is 53.3 Å². The van der Waals surface area contributed by atoms with Crippen molar-refractivity contribution in [2.75, 3.05) is 0 Å². The van der Waals surface area contributed by atoms with E-state index in [1.807, 2.05) is 11.3 Å². The molecule has 0 unspecified atom stereocenters. The van der Waals surface area contributed by atoms with Gasteiger partial charge in [-0.25, -0.2) is 4.98 Å². The van der Waals surface area contributed by atoms with Crippen LogP contribution < -0.4 is 0 Å². The number of aryl methyl sites for hydroxylation is 2. The highest BCUT2D eigenvalue weighted by atomic mass is 32.1. The van der Waals surface area contributed by atoms with Crippen molar-refractivity contribution < 1.29 is 0 Å². The maximum atomic E-state index is 4.80. The average molecular weight is 234 g/mol. The van der Waals surface area contributed by atoms with E-state index < -0.39 is 0 Å². The molecule has 16 heavy (non-hydrogen) atoms. The van der Waals surface area contributed by atoms with Gasteiger partial charge in [0.25, 0.3) is 0 Å². The number of thiazole rings is 1. The molecule has 0 amide bonds. The van der Waals surface area contributed by atoms with Crippen molar-refractivity contribution in [2.24, 2.45) is 0 Å². The topological polar surface area (TPSA) is 17.3 Å². The fourth-order valence-corrected chi connectivity index (χ4v) is 3.63. The van der Waals surface area contributed by atoms with Gasteiger partial charge in [0, 0.05) is 22.7 Å². The molecule has 0 aromatic carbocycles. The predicted octanol–water partition coefficient (Wildman–Crippen LogP) is 4.06. The number of rotatable bonds is 1. The van der Waals surface area contributed by atoms with Crippen LogP contribution in [0.3, 0.4) is 0 Å². The molecule has 1 aliphatic rings. The van der Waals surface area contributed by atoms with Crippen LogP contribution in [-0.2, 0) is 0 Å². The molecule has 0 atom stereocenters. The van der Waals surface area contributed by atoms with E-state index in [4.69, 9.17) is 4.98 Å². The van der Waals surface area contributed by atoms with Crippen LogP contribution in [-0.4, -0.2) is 9.38 Å². The van der Waals surface area contributed by atoms with Crippen molar-refractivity contribution in [3.8, 4) is 0 Å². The second-order valence-electron chi connectivity index (χ2n) is 4.90. The van der Waals surface area contributed by atoms with Crippen molar-refractivity contribution in [1.82, 2.24) is 9.38 Å². The summed E-state index contributed by atoms with van der Waals surface area (Å²) in [6, 6.07) is 0. The first-order chi connectivity index (χ1) is 7.75. The lowest BCUT2D eigenvalue weighted by molar-refractivity contribution is 0.438. The Kier molecular flexibility index (Phi) is 2.51. The molecular weight excluding hydrogens is 216 g/mol. The van der Waals surface area contributed by atoms with Gasteiger partial charge in [-0.15, -0.1) is 11.3 Å².